The van der Waals surface area contributed by atoms with Gasteiger partial charge in [0.25, 0.3) is 0 Å². The summed E-state index contributed by atoms with van der Waals surface area (Å²) in [7, 11) is 2.11. The summed E-state index contributed by atoms with van der Waals surface area (Å²) in [6.45, 7) is 10.0. The van der Waals surface area contributed by atoms with Gasteiger partial charge in [0.2, 0.25) is 5.91 Å². The van der Waals surface area contributed by atoms with Crippen LogP contribution in [0.25, 0.3) is 0 Å². The summed E-state index contributed by atoms with van der Waals surface area (Å²) in [5, 5.41) is 0. The Morgan fingerprint density at radius 2 is 1.58 bits per heavy atom. The van der Waals surface area contributed by atoms with Crippen LogP contribution in [0, 0.1) is 20.8 Å². The fraction of sp³-hybridized carbons (Fsp3) is 0.562. The van der Waals surface area contributed by atoms with Gasteiger partial charge < -0.3 is 9.80 Å². The molecule has 1 fully saturated rings. The second-order valence-electron chi connectivity index (χ2n) is 5.72. The Morgan fingerprint density at radius 1 is 1.00 bits per heavy atom. The predicted octanol–water partition coefficient (Wildman–Crippen LogP) is 1.93. The van der Waals surface area contributed by atoms with Crippen molar-refractivity contribution < 1.29 is 4.79 Å². The molecule has 0 unspecified atom stereocenters. The molecule has 1 aromatic rings. The first kappa shape index (κ1) is 14.1. The summed E-state index contributed by atoms with van der Waals surface area (Å²) >= 11 is 0. The number of likely N-dealkylation sites (N-methyl/N-ethyl adjacent to an activating group) is 1. The Balaban J connectivity index is 2.05. The highest BCUT2D eigenvalue weighted by molar-refractivity contribution is 5.79. The zero-order chi connectivity index (χ0) is 14.0. The van der Waals surface area contributed by atoms with Crippen LogP contribution in [-0.4, -0.2) is 48.9 Å². The first-order valence-corrected chi connectivity index (χ1v) is 7.00. The predicted molar refractivity (Wildman–Crippen MR) is 78.4 cm³/mol. The van der Waals surface area contributed by atoms with Gasteiger partial charge in [0.15, 0.2) is 0 Å². The van der Waals surface area contributed by atoms with Gasteiger partial charge in [0, 0.05) is 26.2 Å². The Bertz CT molecular complexity index is 474. The minimum absolute atomic E-state index is 0.263. The van der Waals surface area contributed by atoms with Crippen molar-refractivity contribution in [2.75, 3.05) is 33.2 Å². The van der Waals surface area contributed by atoms with Crippen LogP contribution >= 0.6 is 0 Å². The lowest BCUT2D eigenvalue weighted by atomic mass is 9.98. The smallest absolute Gasteiger partial charge is 0.227 e. The summed E-state index contributed by atoms with van der Waals surface area (Å²) in [5.41, 5.74) is 4.97. The van der Waals surface area contributed by atoms with E-state index >= 15 is 0 Å². The molecule has 1 aromatic carbocycles. The van der Waals surface area contributed by atoms with Crippen LogP contribution in [0.4, 0.5) is 0 Å². The van der Waals surface area contributed by atoms with E-state index in [9.17, 15) is 4.79 Å². The number of aryl methyl sites for hydroxylation is 3. The maximum atomic E-state index is 12.3. The third-order valence-electron chi connectivity index (χ3n) is 4.15. The summed E-state index contributed by atoms with van der Waals surface area (Å²) in [6, 6.07) is 4.35. The zero-order valence-electron chi connectivity index (χ0n) is 12.5. The minimum atomic E-state index is 0.263. The SMILES string of the molecule is Cc1cc(C)c(CC(=O)N2CCN(C)CC2)cc1C. The van der Waals surface area contributed by atoms with Crippen molar-refractivity contribution in [3.05, 3.63) is 34.4 Å². The highest BCUT2D eigenvalue weighted by Crippen LogP contribution is 2.17. The topological polar surface area (TPSA) is 23.6 Å². The number of nitrogens with zero attached hydrogens (tertiary/aromatic N) is 2. The average molecular weight is 260 g/mol. The van der Waals surface area contributed by atoms with Crippen molar-refractivity contribution >= 4 is 5.91 Å². The van der Waals surface area contributed by atoms with Crippen LogP contribution < -0.4 is 0 Å². The van der Waals surface area contributed by atoms with Crippen LogP contribution in [-0.2, 0) is 11.2 Å². The first-order chi connectivity index (χ1) is 8.97. The third kappa shape index (κ3) is 3.35. The molecule has 104 valence electrons. The van der Waals surface area contributed by atoms with Gasteiger partial charge in [0.05, 0.1) is 6.42 Å². The van der Waals surface area contributed by atoms with Crippen LogP contribution in [0.1, 0.15) is 22.3 Å². The van der Waals surface area contributed by atoms with Crippen molar-refractivity contribution in [3.63, 3.8) is 0 Å². The van der Waals surface area contributed by atoms with Gasteiger partial charge in [-0.3, -0.25) is 4.79 Å². The van der Waals surface area contributed by atoms with E-state index in [0.717, 1.165) is 26.2 Å². The van der Waals surface area contributed by atoms with E-state index < -0.39 is 0 Å². The highest BCUT2D eigenvalue weighted by atomic mass is 16.2. The quantitative estimate of drug-likeness (QED) is 0.811. The number of rotatable bonds is 2. The summed E-state index contributed by atoms with van der Waals surface area (Å²) in [6.07, 6.45) is 0.538. The molecule has 0 bridgehead atoms. The van der Waals surface area contributed by atoms with Crippen molar-refractivity contribution in [1.82, 2.24) is 9.80 Å². The fourth-order valence-electron chi connectivity index (χ4n) is 2.54. The van der Waals surface area contributed by atoms with E-state index in [-0.39, 0.29) is 5.91 Å². The average Bonchev–Trinajstić information content (AvgIpc) is 2.36. The number of carbonyl (C=O) groups is 1. The zero-order valence-corrected chi connectivity index (χ0v) is 12.5. The number of hydrogen-bond acceptors (Lipinski definition) is 2. The minimum Gasteiger partial charge on any atom is -0.340 e. The molecule has 3 heteroatoms. The lowest BCUT2D eigenvalue weighted by Gasteiger charge is -2.32. The molecule has 0 N–H and O–H groups in total. The normalized spacial score (nSPS) is 16.7. The van der Waals surface area contributed by atoms with Crippen molar-refractivity contribution in [3.8, 4) is 0 Å². The van der Waals surface area contributed by atoms with Crippen LogP contribution in [0.2, 0.25) is 0 Å². The molecule has 19 heavy (non-hydrogen) atoms. The molecule has 0 radical (unpaired) electrons. The standard InChI is InChI=1S/C16H24N2O/c1-12-9-14(3)15(10-13(12)2)11-16(19)18-7-5-17(4)6-8-18/h9-10H,5-8,11H2,1-4H3. The van der Waals surface area contributed by atoms with E-state index in [2.05, 4.69) is 44.9 Å². The molecule has 1 amide bonds. The van der Waals surface area contributed by atoms with Gasteiger partial charge in [0.1, 0.15) is 0 Å². The van der Waals surface area contributed by atoms with Crippen molar-refractivity contribution in [2.24, 2.45) is 0 Å². The molecule has 1 aliphatic rings. The monoisotopic (exact) mass is 260 g/mol. The van der Waals surface area contributed by atoms with Crippen LogP contribution in [0.3, 0.4) is 0 Å². The Labute approximate surface area is 116 Å². The van der Waals surface area contributed by atoms with Crippen LogP contribution in [0.5, 0.6) is 0 Å². The van der Waals surface area contributed by atoms with E-state index in [0.29, 0.717) is 6.42 Å². The molecule has 2 rings (SSSR count). The highest BCUT2D eigenvalue weighted by Gasteiger charge is 2.19. The van der Waals surface area contributed by atoms with Crippen LogP contribution in [0.15, 0.2) is 12.1 Å². The number of carbonyl (C=O) groups excluding carboxylic acids is 1. The molecule has 3 nitrogen and oxygen atoms in total. The largest absolute Gasteiger partial charge is 0.340 e. The molecule has 0 aliphatic carbocycles. The van der Waals surface area contributed by atoms with Gasteiger partial charge in [-0.1, -0.05) is 12.1 Å². The number of amides is 1. The maximum Gasteiger partial charge on any atom is 0.227 e. The molecule has 0 atom stereocenters. The molecular formula is C16H24N2O. The maximum absolute atomic E-state index is 12.3. The molecule has 1 heterocycles. The van der Waals surface area contributed by atoms with E-state index in [1.54, 1.807) is 0 Å². The lowest BCUT2D eigenvalue weighted by molar-refractivity contribution is -0.132. The first-order valence-electron chi connectivity index (χ1n) is 7.00. The molecule has 1 aliphatic heterocycles. The van der Waals surface area contributed by atoms with Gasteiger partial charge in [-0.2, -0.15) is 0 Å². The second kappa shape index (κ2) is 5.74. The van der Waals surface area contributed by atoms with E-state index in [1.165, 1.54) is 22.3 Å². The molecule has 0 spiro atoms. The van der Waals surface area contributed by atoms with Gasteiger partial charge in [-0.05, 0) is 50.1 Å². The fourth-order valence-corrected chi connectivity index (χ4v) is 2.54. The third-order valence-corrected chi connectivity index (χ3v) is 4.15. The Kier molecular flexibility index (Phi) is 4.25. The Morgan fingerprint density at radius 3 is 2.21 bits per heavy atom. The summed E-state index contributed by atoms with van der Waals surface area (Å²) in [4.78, 5) is 16.6. The lowest BCUT2D eigenvalue weighted by Crippen LogP contribution is -2.47. The number of hydrogen-bond donors (Lipinski definition) is 0. The van der Waals surface area contributed by atoms with E-state index in [1.807, 2.05) is 4.90 Å². The number of piperazine rings is 1. The molecule has 1 saturated heterocycles. The molecular weight excluding hydrogens is 236 g/mol. The summed E-state index contributed by atoms with van der Waals surface area (Å²) < 4.78 is 0. The summed E-state index contributed by atoms with van der Waals surface area (Å²) in [5.74, 6) is 0.263. The van der Waals surface area contributed by atoms with Crippen molar-refractivity contribution in [1.29, 1.82) is 0 Å². The number of benzene rings is 1. The molecule has 0 saturated carbocycles. The van der Waals surface area contributed by atoms with Gasteiger partial charge in [-0.25, -0.2) is 0 Å². The molecule has 0 aromatic heterocycles. The van der Waals surface area contributed by atoms with Gasteiger partial charge >= 0.3 is 0 Å². The van der Waals surface area contributed by atoms with Crippen molar-refractivity contribution in [2.45, 2.75) is 27.2 Å². The van der Waals surface area contributed by atoms with E-state index in [4.69, 9.17) is 0 Å². The van der Waals surface area contributed by atoms with Gasteiger partial charge in [-0.15, -0.1) is 0 Å². The second-order valence-corrected chi connectivity index (χ2v) is 5.72. The Hall–Kier alpha value is -1.35.